The fourth-order valence-electron chi connectivity index (χ4n) is 3.54. The zero-order valence-corrected chi connectivity index (χ0v) is 16.6. The van der Waals surface area contributed by atoms with E-state index in [-0.39, 0.29) is 30.6 Å². The van der Waals surface area contributed by atoms with Crippen molar-refractivity contribution in [2.45, 2.75) is 12.8 Å². The SMILES string of the molecule is C=CCNC(=O)CN1CCN(C(=O)CCC(=O)N2CCOc3ccccc32)CC1. The van der Waals surface area contributed by atoms with Gasteiger partial charge in [0.15, 0.2) is 0 Å². The minimum atomic E-state index is -0.0633. The van der Waals surface area contributed by atoms with Gasteiger partial charge in [0.1, 0.15) is 12.4 Å². The standard InChI is InChI=1S/C21H28N4O4/c1-2-9-22-19(26)16-23-10-12-24(13-11-23)20(27)7-8-21(28)25-14-15-29-18-6-4-3-5-17(18)25/h2-6H,1,7-16H2,(H,22,26). The van der Waals surface area contributed by atoms with Gasteiger partial charge in [0.05, 0.1) is 18.8 Å². The highest BCUT2D eigenvalue weighted by molar-refractivity contribution is 5.97. The largest absolute Gasteiger partial charge is 0.490 e. The van der Waals surface area contributed by atoms with Gasteiger partial charge in [0.25, 0.3) is 0 Å². The average molecular weight is 400 g/mol. The van der Waals surface area contributed by atoms with Crippen molar-refractivity contribution in [2.75, 3.05) is 57.3 Å². The van der Waals surface area contributed by atoms with E-state index in [1.54, 1.807) is 15.9 Å². The molecule has 0 radical (unpaired) electrons. The Labute approximate surface area is 171 Å². The lowest BCUT2D eigenvalue weighted by Crippen LogP contribution is -2.51. The normalized spacial score (nSPS) is 16.6. The van der Waals surface area contributed by atoms with E-state index in [9.17, 15) is 14.4 Å². The van der Waals surface area contributed by atoms with Crippen LogP contribution in [0, 0.1) is 0 Å². The fraction of sp³-hybridized carbons (Fsp3) is 0.476. The van der Waals surface area contributed by atoms with Crippen molar-refractivity contribution >= 4 is 23.4 Å². The summed E-state index contributed by atoms with van der Waals surface area (Å²) in [5.74, 6) is 0.579. The van der Waals surface area contributed by atoms with Gasteiger partial charge in [-0.1, -0.05) is 18.2 Å². The lowest BCUT2D eigenvalue weighted by molar-refractivity contribution is -0.135. The van der Waals surface area contributed by atoms with Crippen LogP contribution in [-0.2, 0) is 14.4 Å². The van der Waals surface area contributed by atoms with Crippen LogP contribution in [-0.4, -0.2) is 79.9 Å². The van der Waals surface area contributed by atoms with Crippen LogP contribution in [0.2, 0.25) is 0 Å². The quantitative estimate of drug-likeness (QED) is 0.680. The van der Waals surface area contributed by atoms with E-state index < -0.39 is 0 Å². The second-order valence-electron chi connectivity index (χ2n) is 7.11. The molecule has 0 atom stereocenters. The second kappa shape index (κ2) is 10.1. The summed E-state index contributed by atoms with van der Waals surface area (Å²) in [5.41, 5.74) is 0.763. The second-order valence-corrected chi connectivity index (χ2v) is 7.11. The van der Waals surface area contributed by atoms with Crippen molar-refractivity contribution in [1.82, 2.24) is 15.1 Å². The van der Waals surface area contributed by atoms with Crippen LogP contribution < -0.4 is 15.0 Å². The summed E-state index contributed by atoms with van der Waals surface area (Å²) in [6.07, 6.45) is 2.01. The summed E-state index contributed by atoms with van der Waals surface area (Å²) in [5, 5.41) is 2.75. The molecule has 0 aliphatic carbocycles. The maximum Gasteiger partial charge on any atom is 0.234 e. The molecule has 8 heteroatoms. The van der Waals surface area contributed by atoms with E-state index in [1.807, 2.05) is 29.2 Å². The minimum absolute atomic E-state index is 0.0179. The zero-order valence-electron chi connectivity index (χ0n) is 16.6. The van der Waals surface area contributed by atoms with E-state index in [0.717, 1.165) is 5.69 Å². The molecule has 3 rings (SSSR count). The number of nitrogens with one attached hydrogen (secondary N) is 1. The monoisotopic (exact) mass is 400 g/mol. The number of carbonyl (C=O) groups is 3. The highest BCUT2D eigenvalue weighted by atomic mass is 16.5. The molecular formula is C21H28N4O4. The van der Waals surface area contributed by atoms with Crippen LogP contribution in [0.5, 0.6) is 5.75 Å². The fourth-order valence-corrected chi connectivity index (χ4v) is 3.54. The number of rotatable bonds is 7. The lowest BCUT2D eigenvalue weighted by Gasteiger charge is -2.34. The summed E-state index contributed by atoms with van der Waals surface area (Å²) < 4.78 is 5.58. The molecule has 1 aromatic carbocycles. The van der Waals surface area contributed by atoms with Crippen LogP contribution in [0.3, 0.4) is 0 Å². The average Bonchev–Trinajstić information content (AvgIpc) is 2.76. The molecule has 8 nitrogen and oxygen atoms in total. The van der Waals surface area contributed by atoms with Gasteiger partial charge in [-0.25, -0.2) is 0 Å². The summed E-state index contributed by atoms with van der Waals surface area (Å²) in [6.45, 7) is 7.75. The first-order chi connectivity index (χ1) is 14.1. The molecule has 0 bridgehead atoms. The molecule has 1 fully saturated rings. The predicted octanol–water partition coefficient (Wildman–Crippen LogP) is 0.639. The topological polar surface area (TPSA) is 82.2 Å². The third-order valence-electron chi connectivity index (χ3n) is 5.12. The van der Waals surface area contributed by atoms with Crippen molar-refractivity contribution in [2.24, 2.45) is 0 Å². The molecule has 0 saturated carbocycles. The minimum Gasteiger partial charge on any atom is -0.490 e. The molecule has 0 spiro atoms. The molecule has 29 heavy (non-hydrogen) atoms. The van der Waals surface area contributed by atoms with Gasteiger partial charge < -0.3 is 19.9 Å². The first kappa shape index (κ1) is 20.9. The Balaban J connectivity index is 1.42. The molecule has 2 aliphatic rings. The van der Waals surface area contributed by atoms with Gasteiger partial charge in [0, 0.05) is 45.6 Å². The van der Waals surface area contributed by atoms with Crippen molar-refractivity contribution < 1.29 is 19.1 Å². The first-order valence-corrected chi connectivity index (χ1v) is 9.98. The Hall–Kier alpha value is -2.87. The summed E-state index contributed by atoms with van der Waals surface area (Å²) in [7, 11) is 0. The maximum atomic E-state index is 12.6. The lowest BCUT2D eigenvalue weighted by atomic mass is 10.2. The van der Waals surface area contributed by atoms with Gasteiger partial charge in [-0.2, -0.15) is 0 Å². The number of ether oxygens (including phenoxy) is 1. The van der Waals surface area contributed by atoms with E-state index in [2.05, 4.69) is 11.9 Å². The van der Waals surface area contributed by atoms with Crippen LogP contribution in [0.25, 0.3) is 0 Å². The van der Waals surface area contributed by atoms with E-state index >= 15 is 0 Å². The van der Waals surface area contributed by atoms with E-state index in [1.165, 1.54) is 0 Å². The Kier molecular flexibility index (Phi) is 7.24. The number of hydrogen-bond donors (Lipinski definition) is 1. The Morgan fingerprint density at radius 2 is 1.76 bits per heavy atom. The molecule has 0 unspecified atom stereocenters. The number of fused-ring (bicyclic) bond motifs is 1. The number of anilines is 1. The summed E-state index contributed by atoms with van der Waals surface area (Å²) in [4.78, 5) is 42.4. The van der Waals surface area contributed by atoms with Gasteiger partial charge >= 0.3 is 0 Å². The van der Waals surface area contributed by atoms with Crippen LogP contribution in [0.4, 0.5) is 5.69 Å². The van der Waals surface area contributed by atoms with Crippen molar-refractivity contribution in [3.63, 3.8) is 0 Å². The molecule has 156 valence electrons. The highest BCUT2D eigenvalue weighted by Crippen LogP contribution is 2.31. The predicted molar refractivity (Wildman–Crippen MR) is 110 cm³/mol. The third-order valence-corrected chi connectivity index (χ3v) is 5.12. The number of amides is 3. The molecular weight excluding hydrogens is 372 g/mol. The third kappa shape index (κ3) is 5.57. The molecule has 3 amide bonds. The van der Waals surface area contributed by atoms with Crippen molar-refractivity contribution in [3.8, 4) is 5.75 Å². The molecule has 1 N–H and O–H groups in total. The smallest absolute Gasteiger partial charge is 0.234 e. The highest BCUT2D eigenvalue weighted by Gasteiger charge is 2.26. The summed E-state index contributed by atoms with van der Waals surface area (Å²) in [6, 6.07) is 7.45. The number of benzene rings is 1. The number of hydrogen-bond acceptors (Lipinski definition) is 5. The molecule has 0 aromatic heterocycles. The first-order valence-electron chi connectivity index (χ1n) is 9.98. The van der Waals surface area contributed by atoms with E-state index in [0.29, 0.717) is 58.2 Å². The maximum absolute atomic E-state index is 12.6. The number of carbonyl (C=O) groups excluding carboxylic acids is 3. The number of nitrogens with zero attached hydrogens (tertiary/aromatic N) is 3. The molecule has 1 aromatic rings. The van der Waals surface area contributed by atoms with Gasteiger partial charge in [0.2, 0.25) is 17.7 Å². The zero-order chi connectivity index (χ0) is 20.6. The van der Waals surface area contributed by atoms with Crippen LogP contribution in [0.15, 0.2) is 36.9 Å². The van der Waals surface area contributed by atoms with Crippen molar-refractivity contribution in [1.29, 1.82) is 0 Å². The summed E-state index contributed by atoms with van der Waals surface area (Å²) >= 11 is 0. The van der Waals surface area contributed by atoms with Gasteiger partial charge in [-0.15, -0.1) is 6.58 Å². The number of piperazine rings is 1. The van der Waals surface area contributed by atoms with Crippen LogP contribution in [0.1, 0.15) is 12.8 Å². The molecule has 2 heterocycles. The van der Waals surface area contributed by atoms with Crippen LogP contribution >= 0.6 is 0 Å². The molecule has 2 aliphatic heterocycles. The Morgan fingerprint density at radius 3 is 2.52 bits per heavy atom. The van der Waals surface area contributed by atoms with Crippen molar-refractivity contribution in [3.05, 3.63) is 36.9 Å². The molecule has 1 saturated heterocycles. The Bertz CT molecular complexity index is 759. The van der Waals surface area contributed by atoms with Gasteiger partial charge in [-0.05, 0) is 12.1 Å². The van der Waals surface area contributed by atoms with E-state index in [4.69, 9.17) is 4.74 Å². The van der Waals surface area contributed by atoms with Gasteiger partial charge in [-0.3, -0.25) is 19.3 Å². The Morgan fingerprint density at radius 1 is 1.03 bits per heavy atom. The number of para-hydroxylation sites is 2.